The van der Waals surface area contributed by atoms with Crippen molar-refractivity contribution in [3.05, 3.63) is 29.3 Å². The first-order valence-electron chi connectivity index (χ1n) is 5.45. The fraction of sp³-hybridized carbons (Fsp3) is 0.364. The smallest absolute Gasteiger partial charge is 0.504 e. The van der Waals surface area contributed by atoms with E-state index >= 15 is 0 Å². The number of hydrogen-bond acceptors (Lipinski definition) is 4. The van der Waals surface area contributed by atoms with E-state index < -0.39 is 25.6 Å². The van der Waals surface area contributed by atoms with Crippen LogP contribution in [0.2, 0.25) is 0 Å². The number of halogens is 2. The van der Waals surface area contributed by atoms with Crippen LogP contribution >= 0.6 is 0 Å². The number of carboxylic acid groups (broad SMARTS) is 1. The van der Waals surface area contributed by atoms with Crippen molar-refractivity contribution < 1.29 is 28.4 Å². The second-order valence-electron chi connectivity index (χ2n) is 4.33. The minimum atomic E-state index is -2.79. The zero-order valence-electron chi connectivity index (χ0n) is 10.3. The van der Waals surface area contributed by atoms with Crippen LogP contribution in [-0.4, -0.2) is 29.3 Å². The van der Waals surface area contributed by atoms with Gasteiger partial charge < -0.3 is 20.5 Å². The molecule has 0 aliphatic carbocycles. The van der Waals surface area contributed by atoms with Gasteiger partial charge in [0.2, 0.25) is 0 Å². The lowest BCUT2D eigenvalue weighted by atomic mass is 9.91. The maximum Gasteiger partial charge on any atom is 0.504 e. The number of hydrogen-bond donors (Lipinski definition) is 3. The quantitative estimate of drug-likeness (QED) is 0.660. The summed E-state index contributed by atoms with van der Waals surface area (Å²) in [7, 11) is -0.633. The lowest BCUT2D eigenvalue weighted by Crippen LogP contribution is -2.47. The molecule has 0 spiro atoms. The number of rotatable bonds is 6. The highest BCUT2D eigenvalue weighted by molar-refractivity contribution is 6.17. The third-order valence-corrected chi connectivity index (χ3v) is 2.63. The third kappa shape index (κ3) is 3.90. The normalized spacial score (nSPS) is 14.0. The summed E-state index contributed by atoms with van der Waals surface area (Å²) >= 11 is 0. The van der Waals surface area contributed by atoms with Crippen LogP contribution in [0.15, 0.2) is 18.2 Å². The minimum Gasteiger partial charge on any atom is -0.539 e. The number of aliphatic carboxylic acids is 1. The van der Waals surface area contributed by atoms with Crippen molar-refractivity contribution in [2.24, 2.45) is 5.73 Å². The van der Waals surface area contributed by atoms with Gasteiger partial charge in [0.15, 0.2) is 0 Å². The van der Waals surface area contributed by atoms with Gasteiger partial charge in [-0.15, -0.1) is 0 Å². The van der Waals surface area contributed by atoms with Crippen molar-refractivity contribution in [3.8, 4) is 5.75 Å². The van der Waals surface area contributed by atoms with Crippen molar-refractivity contribution in [1.29, 1.82) is 0 Å². The summed E-state index contributed by atoms with van der Waals surface area (Å²) in [4.78, 5) is 10.9. The number of carboxylic acids is 1. The molecule has 0 bridgehead atoms. The Morgan fingerprint density at radius 2 is 2.21 bits per heavy atom. The first-order chi connectivity index (χ1) is 8.77. The molecule has 1 aromatic carbocycles. The second kappa shape index (κ2) is 5.98. The van der Waals surface area contributed by atoms with Crippen LogP contribution in [-0.2, 0) is 11.2 Å². The summed E-state index contributed by atoms with van der Waals surface area (Å²) in [5, 5.41) is 17.5. The molecular weight excluding hydrogens is 259 g/mol. The van der Waals surface area contributed by atoms with Gasteiger partial charge >= 0.3 is 13.7 Å². The van der Waals surface area contributed by atoms with Crippen LogP contribution < -0.4 is 10.4 Å². The number of nitrogens with two attached hydrogens (primary N) is 1. The lowest BCUT2D eigenvalue weighted by Gasteiger charge is -2.21. The van der Waals surface area contributed by atoms with Crippen molar-refractivity contribution in [2.75, 3.05) is 0 Å². The molecule has 0 aliphatic heterocycles. The van der Waals surface area contributed by atoms with E-state index in [4.69, 9.17) is 20.5 Å². The topological polar surface area (TPSA) is 92.8 Å². The minimum absolute atomic E-state index is 0.0793. The molecule has 4 N–H and O–H groups in total. The van der Waals surface area contributed by atoms with Crippen LogP contribution in [0.4, 0.5) is 8.78 Å². The van der Waals surface area contributed by atoms with Crippen molar-refractivity contribution >= 4 is 13.7 Å². The Labute approximate surface area is 109 Å². The Morgan fingerprint density at radius 3 is 2.68 bits per heavy atom. The summed E-state index contributed by atoms with van der Waals surface area (Å²) < 4.78 is 30.5. The Bertz CT molecular complexity index is 468. The van der Waals surface area contributed by atoms with Crippen molar-refractivity contribution in [3.63, 3.8) is 0 Å². The molecule has 0 fully saturated rings. The van der Waals surface area contributed by atoms with Gasteiger partial charge in [0.25, 0.3) is 6.43 Å². The average Bonchev–Trinajstić information content (AvgIpc) is 2.30. The molecule has 8 heteroatoms. The number of carbonyl (C=O) groups is 1. The first kappa shape index (κ1) is 15.4. The molecule has 104 valence electrons. The van der Waals surface area contributed by atoms with E-state index in [1.165, 1.54) is 19.1 Å². The standard InChI is InChI=1S/C11H14BF2NO4/c1-11(15,10(16)17)5-6-2-3-7(19-12-18)4-8(6)9(13)14/h2-4,9,12,18H,5,15H2,1H3,(H,16,17)/t11-/m0/s1. The van der Waals surface area contributed by atoms with Gasteiger partial charge in [-0.25, -0.2) is 8.78 Å². The maximum atomic E-state index is 12.9. The molecule has 0 aromatic heterocycles. The van der Waals surface area contributed by atoms with E-state index in [0.717, 1.165) is 6.07 Å². The largest absolute Gasteiger partial charge is 0.539 e. The van der Waals surface area contributed by atoms with E-state index in [1.54, 1.807) is 0 Å². The number of benzene rings is 1. The van der Waals surface area contributed by atoms with Gasteiger partial charge in [-0.2, -0.15) is 0 Å². The molecule has 19 heavy (non-hydrogen) atoms. The Hall–Kier alpha value is -1.67. The van der Waals surface area contributed by atoms with Crippen LogP contribution in [0.3, 0.4) is 0 Å². The van der Waals surface area contributed by atoms with E-state index in [2.05, 4.69) is 0 Å². The van der Waals surface area contributed by atoms with Crippen LogP contribution in [0.25, 0.3) is 0 Å². The maximum absolute atomic E-state index is 12.9. The Balaban J connectivity index is 3.10. The van der Waals surface area contributed by atoms with E-state index in [0.29, 0.717) is 0 Å². The SMILES string of the molecule is C[C@](N)(Cc1ccc(OBO)cc1C(F)F)C(=O)O. The molecule has 0 heterocycles. The molecule has 0 saturated heterocycles. The molecule has 0 amide bonds. The zero-order valence-corrected chi connectivity index (χ0v) is 10.3. The van der Waals surface area contributed by atoms with Crippen LogP contribution in [0.5, 0.6) is 5.75 Å². The van der Waals surface area contributed by atoms with Crippen LogP contribution in [0.1, 0.15) is 24.5 Å². The average molecular weight is 273 g/mol. The highest BCUT2D eigenvalue weighted by Gasteiger charge is 2.30. The summed E-state index contributed by atoms with van der Waals surface area (Å²) in [5.74, 6) is -1.20. The van der Waals surface area contributed by atoms with Gasteiger partial charge in [0, 0.05) is 12.0 Å². The number of alkyl halides is 2. The van der Waals surface area contributed by atoms with E-state index in [9.17, 15) is 13.6 Å². The molecule has 1 rings (SSSR count). The molecule has 1 atom stereocenters. The van der Waals surface area contributed by atoms with Gasteiger partial charge in [0.05, 0.1) is 0 Å². The first-order valence-corrected chi connectivity index (χ1v) is 5.45. The summed E-state index contributed by atoms with van der Waals surface area (Å²) in [6, 6.07) is 3.75. The third-order valence-electron chi connectivity index (χ3n) is 2.63. The summed E-state index contributed by atoms with van der Waals surface area (Å²) in [6.07, 6.45) is -3.02. The van der Waals surface area contributed by atoms with Crippen molar-refractivity contribution in [2.45, 2.75) is 25.3 Å². The fourth-order valence-corrected chi connectivity index (χ4v) is 1.57. The summed E-state index contributed by atoms with van der Waals surface area (Å²) in [6.45, 7) is 1.25. The zero-order chi connectivity index (χ0) is 14.6. The molecule has 1 aromatic rings. The molecule has 0 aliphatic rings. The van der Waals surface area contributed by atoms with Gasteiger partial charge in [-0.1, -0.05) is 6.07 Å². The molecular formula is C11H14BF2NO4. The van der Waals surface area contributed by atoms with Gasteiger partial charge in [-0.3, -0.25) is 4.79 Å². The Kier molecular flexibility index (Phi) is 4.85. The molecule has 0 unspecified atom stereocenters. The predicted molar refractivity (Wildman–Crippen MR) is 65.3 cm³/mol. The van der Waals surface area contributed by atoms with E-state index in [1.807, 2.05) is 0 Å². The van der Waals surface area contributed by atoms with Crippen molar-refractivity contribution in [1.82, 2.24) is 0 Å². The van der Waals surface area contributed by atoms with Crippen LogP contribution in [0, 0.1) is 0 Å². The van der Waals surface area contributed by atoms with E-state index in [-0.39, 0.29) is 23.3 Å². The fourth-order valence-electron chi connectivity index (χ4n) is 1.57. The molecule has 0 radical (unpaired) electrons. The van der Waals surface area contributed by atoms with Gasteiger partial charge in [0.1, 0.15) is 11.3 Å². The Morgan fingerprint density at radius 1 is 1.58 bits per heavy atom. The summed E-state index contributed by atoms with van der Waals surface area (Å²) in [5.41, 5.74) is 3.68. The lowest BCUT2D eigenvalue weighted by molar-refractivity contribution is -0.142. The predicted octanol–water partition coefficient (Wildman–Crippen LogP) is 0.606. The molecule has 0 saturated carbocycles. The monoisotopic (exact) mass is 273 g/mol. The van der Waals surface area contributed by atoms with Gasteiger partial charge in [-0.05, 0) is 24.6 Å². The highest BCUT2D eigenvalue weighted by Crippen LogP contribution is 2.29. The second-order valence-corrected chi connectivity index (χ2v) is 4.33. The molecule has 5 nitrogen and oxygen atoms in total. The highest BCUT2D eigenvalue weighted by atomic mass is 19.3.